The molecule has 2 N–H and O–H groups in total. The Hall–Kier alpha value is -0.450. The van der Waals surface area contributed by atoms with Crippen LogP contribution in [-0.2, 0) is 4.74 Å². The van der Waals surface area contributed by atoms with Crippen LogP contribution in [0, 0.1) is 0 Å². The van der Waals surface area contributed by atoms with Crippen LogP contribution in [0.5, 0.6) is 0 Å². The molecule has 1 unspecified atom stereocenters. The van der Waals surface area contributed by atoms with Crippen molar-refractivity contribution in [3.63, 3.8) is 0 Å². The molecular weight excluding hydrogens is 120 g/mol. The minimum absolute atomic E-state index is 0.116. The Bertz CT molecular complexity index is 103. The molecule has 9 heavy (non-hydrogen) atoms. The number of nitrogens with zero attached hydrogens (tertiary/aromatic N) is 1. The van der Waals surface area contributed by atoms with Gasteiger partial charge in [-0.25, -0.2) is 4.99 Å². The Kier molecular flexibility index (Phi) is 2.16. The summed E-state index contributed by atoms with van der Waals surface area (Å²) in [6.45, 7) is 4.72. The molecular formula is C5H10N2O2. The maximum absolute atomic E-state index is 8.71. The summed E-state index contributed by atoms with van der Waals surface area (Å²) in [5.41, 5.74) is 0. The molecule has 0 amide bonds. The molecule has 1 saturated heterocycles. The zero-order valence-corrected chi connectivity index (χ0v) is 5.08. The van der Waals surface area contributed by atoms with Crippen molar-refractivity contribution in [3.05, 3.63) is 0 Å². The van der Waals surface area contributed by atoms with Crippen molar-refractivity contribution in [1.29, 1.82) is 0 Å². The van der Waals surface area contributed by atoms with E-state index in [1.54, 1.807) is 0 Å². The van der Waals surface area contributed by atoms with Crippen molar-refractivity contribution in [2.75, 3.05) is 13.1 Å². The molecule has 0 bridgehead atoms. The predicted molar refractivity (Wildman–Crippen MR) is 33.3 cm³/mol. The number of ether oxygens (including phenoxy) is 1. The summed E-state index contributed by atoms with van der Waals surface area (Å²) in [6, 6.07) is 0. The molecule has 4 heteroatoms. The number of hydrogen-bond donors (Lipinski definition) is 2. The van der Waals surface area contributed by atoms with Gasteiger partial charge in [-0.1, -0.05) is 0 Å². The molecule has 0 aromatic heterocycles. The second kappa shape index (κ2) is 2.91. The van der Waals surface area contributed by atoms with Crippen LogP contribution in [0.1, 0.15) is 0 Å². The molecule has 4 nitrogen and oxygen atoms in total. The lowest BCUT2D eigenvalue weighted by Crippen LogP contribution is -2.49. The quantitative estimate of drug-likeness (QED) is 0.378. The first-order chi connectivity index (χ1) is 4.33. The van der Waals surface area contributed by atoms with E-state index in [0.29, 0.717) is 0 Å². The fourth-order valence-electron chi connectivity index (χ4n) is 0.574. The summed E-state index contributed by atoms with van der Waals surface area (Å²) >= 11 is 0. The highest BCUT2D eigenvalue weighted by Crippen LogP contribution is 2.00. The van der Waals surface area contributed by atoms with Crippen LogP contribution in [0.2, 0.25) is 0 Å². The molecule has 1 aliphatic rings. The average Bonchev–Trinajstić information content (AvgIpc) is 1.78. The SMILES string of the molecule is C=NC(O)OC1CNC1. The van der Waals surface area contributed by atoms with Crippen molar-refractivity contribution in [3.8, 4) is 0 Å². The summed E-state index contributed by atoms with van der Waals surface area (Å²) in [5, 5.41) is 11.7. The van der Waals surface area contributed by atoms with E-state index >= 15 is 0 Å². The van der Waals surface area contributed by atoms with E-state index in [9.17, 15) is 0 Å². The van der Waals surface area contributed by atoms with Gasteiger partial charge in [0.1, 0.15) is 0 Å². The van der Waals surface area contributed by atoms with Crippen molar-refractivity contribution in [2.24, 2.45) is 4.99 Å². The van der Waals surface area contributed by atoms with Crippen LogP contribution in [-0.4, -0.2) is 37.4 Å². The monoisotopic (exact) mass is 130 g/mol. The van der Waals surface area contributed by atoms with Gasteiger partial charge >= 0.3 is 0 Å². The van der Waals surface area contributed by atoms with Gasteiger partial charge in [0.25, 0.3) is 6.41 Å². The molecule has 1 fully saturated rings. The number of aliphatic hydroxyl groups excluding tert-OH is 1. The van der Waals surface area contributed by atoms with E-state index in [0.717, 1.165) is 13.1 Å². The van der Waals surface area contributed by atoms with Crippen molar-refractivity contribution in [2.45, 2.75) is 12.5 Å². The third kappa shape index (κ3) is 1.74. The van der Waals surface area contributed by atoms with E-state index in [-0.39, 0.29) is 6.10 Å². The first kappa shape index (κ1) is 6.67. The second-order valence-corrected chi connectivity index (χ2v) is 1.93. The highest BCUT2D eigenvalue weighted by Gasteiger charge is 2.19. The largest absolute Gasteiger partial charge is 0.350 e. The summed E-state index contributed by atoms with van der Waals surface area (Å²) in [5.74, 6) is 0. The topological polar surface area (TPSA) is 53.9 Å². The van der Waals surface area contributed by atoms with Crippen molar-refractivity contribution in [1.82, 2.24) is 5.32 Å². The molecule has 52 valence electrons. The highest BCUT2D eigenvalue weighted by molar-refractivity contribution is 5.23. The Morgan fingerprint density at radius 1 is 1.78 bits per heavy atom. The van der Waals surface area contributed by atoms with Gasteiger partial charge in [-0.05, 0) is 6.72 Å². The summed E-state index contributed by atoms with van der Waals surface area (Å²) < 4.78 is 4.90. The summed E-state index contributed by atoms with van der Waals surface area (Å²) in [6.07, 6.45) is -0.928. The Labute approximate surface area is 53.5 Å². The zero-order valence-electron chi connectivity index (χ0n) is 5.08. The number of hydrogen-bond acceptors (Lipinski definition) is 4. The Morgan fingerprint density at radius 3 is 2.78 bits per heavy atom. The molecule has 1 rings (SSSR count). The lowest BCUT2D eigenvalue weighted by molar-refractivity contribution is -0.141. The number of rotatable bonds is 3. The van der Waals surface area contributed by atoms with Gasteiger partial charge in [-0.3, -0.25) is 0 Å². The Morgan fingerprint density at radius 2 is 2.44 bits per heavy atom. The lowest BCUT2D eigenvalue weighted by Gasteiger charge is -2.27. The average molecular weight is 130 g/mol. The third-order valence-corrected chi connectivity index (χ3v) is 1.21. The lowest BCUT2D eigenvalue weighted by atomic mass is 10.2. The van der Waals surface area contributed by atoms with Gasteiger partial charge in [0.15, 0.2) is 0 Å². The molecule has 1 aliphatic heterocycles. The second-order valence-electron chi connectivity index (χ2n) is 1.93. The summed E-state index contributed by atoms with van der Waals surface area (Å²) in [4.78, 5) is 3.27. The molecule has 0 spiro atoms. The number of aliphatic hydroxyl groups is 1. The van der Waals surface area contributed by atoms with E-state index in [4.69, 9.17) is 9.84 Å². The Balaban J connectivity index is 2.08. The van der Waals surface area contributed by atoms with Crippen LogP contribution < -0.4 is 5.32 Å². The van der Waals surface area contributed by atoms with Gasteiger partial charge < -0.3 is 15.2 Å². The molecule has 1 heterocycles. The van der Waals surface area contributed by atoms with E-state index in [1.165, 1.54) is 0 Å². The van der Waals surface area contributed by atoms with Crippen molar-refractivity contribution < 1.29 is 9.84 Å². The molecule has 0 aromatic rings. The van der Waals surface area contributed by atoms with Gasteiger partial charge in [-0.2, -0.15) is 0 Å². The van der Waals surface area contributed by atoms with Crippen LogP contribution in [0.3, 0.4) is 0 Å². The van der Waals surface area contributed by atoms with Crippen LogP contribution in [0.4, 0.5) is 0 Å². The zero-order chi connectivity index (χ0) is 6.69. The molecule has 0 radical (unpaired) electrons. The van der Waals surface area contributed by atoms with Crippen LogP contribution in [0.25, 0.3) is 0 Å². The minimum Gasteiger partial charge on any atom is -0.350 e. The van der Waals surface area contributed by atoms with Gasteiger partial charge in [0, 0.05) is 13.1 Å². The predicted octanol–water partition coefficient (Wildman–Crippen LogP) is -1.05. The standard InChI is InChI=1S/C5H10N2O2/c1-6-5(8)9-4-2-7-3-4/h4-5,7-8H,1-3H2. The summed E-state index contributed by atoms with van der Waals surface area (Å²) in [7, 11) is 0. The van der Waals surface area contributed by atoms with E-state index in [2.05, 4.69) is 17.0 Å². The fraction of sp³-hybridized carbons (Fsp3) is 0.800. The molecule has 0 aromatic carbocycles. The first-order valence-corrected chi connectivity index (χ1v) is 2.83. The van der Waals surface area contributed by atoms with Crippen LogP contribution in [0.15, 0.2) is 4.99 Å². The van der Waals surface area contributed by atoms with Crippen LogP contribution >= 0.6 is 0 Å². The maximum Gasteiger partial charge on any atom is 0.255 e. The molecule has 1 atom stereocenters. The minimum atomic E-state index is -1.04. The fourth-order valence-corrected chi connectivity index (χ4v) is 0.574. The van der Waals surface area contributed by atoms with Gasteiger partial charge in [-0.15, -0.1) is 0 Å². The van der Waals surface area contributed by atoms with Gasteiger partial charge in [0.2, 0.25) is 0 Å². The number of aliphatic imine (C=N–C) groups is 1. The maximum atomic E-state index is 8.71. The van der Waals surface area contributed by atoms with Gasteiger partial charge in [0.05, 0.1) is 6.10 Å². The first-order valence-electron chi connectivity index (χ1n) is 2.83. The molecule has 0 saturated carbocycles. The number of nitrogens with one attached hydrogen (secondary N) is 1. The van der Waals surface area contributed by atoms with E-state index < -0.39 is 6.41 Å². The third-order valence-electron chi connectivity index (χ3n) is 1.21. The van der Waals surface area contributed by atoms with Crippen molar-refractivity contribution >= 4 is 6.72 Å². The normalized spacial score (nSPS) is 22.8. The van der Waals surface area contributed by atoms with E-state index in [1.807, 2.05) is 0 Å². The molecule has 0 aliphatic carbocycles. The smallest absolute Gasteiger partial charge is 0.255 e. The highest BCUT2D eigenvalue weighted by atomic mass is 16.6.